The molecule has 106 valence electrons. The first-order valence-corrected chi connectivity index (χ1v) is 7.29. The summed E-state index contributed by atoms with van der Waals surface area (Å²) in [5, 5.41) is 4.40. The normalized spacial score (nSPS) is 12.2. The van der Waals surface area contributed by atoms with E-state index >= 15 is 0 Å². The highest BCUT2D eigenvalue weighted by atomic mass is 35.5. The molecule has 0 heterocycles. The van der Waals surface area contributed by atoms with E-state index in [4.69, 9.17) is 27.9 Å². The molecule has 2 rings (SSSR count). The van der Waals surface area contributed by atoms with Crippen LogP contribution in [0.4, 0.5) is 0 Å². The first-order chi connectivity index (χ1) is 9.62. The number of hydrogen-bond donors (Lipinski definition) is 1. The Balaban J connectivity index is 2.14. The molecule has 0 fully saturated rings. The van der Waals surface area contributed by atoms with Gasteiger partial charge in [0, 0.05) is 16.1 Å². The molecular weight excluding hydrogens is 293 g/mol. The van der Waals surface area contributed by atoms with Crippen LogP contribution in [0.15, 0.2) is 42.5 Å². The summed E-state index contributed by atoms with van der Waals surface area (Å²) in [7, 11) is 1.96. The summed E-state index contributed by atoms with van der Waals surface area (Å²) < 4.78 is 5.75. The van der Waals surface area contributed by atoms with Crippen molar-refractivity contribution in [2.24, 2.45) is 0 Å². The second-order valence-electron chi connectivity index (χ2n) is 4.53. The SMILES string of the molecule is CCC(NC)c1ccc(Oc2cc(Cl)cc(Cl)c2)cc1. The molecule has 0 amide bonds. The number of hydrogen-bond acceptors (Lipinski definition) is 2. The van der Waals surface area contributed by atoms with Gasteiger partial charge in [-0.2, -0.15) is 0 Å². The molecule has 0 aromatic heterocycles. The molecule has 0 saturated heterocycles. The molecule has 1 unspecified atom stereocenters. The molecule has 0 aliphatic heterocycles. The lowest BCUT2D eigenvalue weighted by Gasteiger charge is -2.14. The van der Waals surface area contributed by atoms with Crippen LogP contribution >= 0.6 is 23.2 Å². The number of rotatable bonds is 5. The average Bonchev–Trinajstić information content (AvgIpc) is 2.41. The van der Waals surface area contributed by atoms with E-state index in [1.54, 1.807) is 18.2 Å². The van der Waals surface area contributed by atoms with Crippen molar-refractivity contribution in [3.63, 3.8) is 0 Å². The van der Waals surface area contributed by atoms with Crippen molar-refractivity contribution in [1.29, 1.82) is 0 Å². The molecule has 0 bridgehead atoms. The van der Waals surface area contributed by atoms with E-state index in [0.717, 1.165) is 12.2 Å². The highest BCUT2D eigenvalue weighted by molar-refractivity contribution is 6.34. The van der Waals surface area contributed by atoms with Gasteiger partial charge in [-0.05, 0) is 49.4 Å². The van der Waals surface area contributed by atoms with Gasteiger partial charge >= 0.3 is 0 Å². The predicted octanol–water partition coefficient (Wildman–Crippen LogP) is 5.46. The molecule has 0 saturated carbocycles. The van der Waals surface area contributed by atoms with Crippen LogP contribution in [0.2, 0.25) is 10.0 Å². The third kappa shape index (κ3) is 3.89. The summed E-state index contributed by atoms with van der Waals surface area (Å²) >= 11 is 11.9. The van der Waals surface area contributed by atoms with Gasteiger partial charge in [0.2, 0.25) is 0 Å². The van der Waals surface area contributed by atoms with Crippen molar-refractivity contribution in [3.8, 4) is 11.5 Å². The van der Waals surface area contributed by atoms with Crippen LogP contribution in [0.5, 0.6) is 11.5 Å². The Bertz CT molecular complexity index is 545. The molecule has 20 heavy (non-hydrogen) atoms. The summed E-state index contributed by atoms with van der Waals surface area (Å²) in [5.74, 6) is 1.40. The fourth-order valence-corrected chi connectivity index (χ4v) is 2.60. The van der Waals surface area contributed by atoms with Crippen molar-refractivity contribution < 1.29 is 4.74 Å². The highest BCUT2D eigenvalue weighted by Crippen LogP contribution is 2.29. The van der Waals surface area contributed by atoms with Gasteiger partial charge in [0.05, 0.1) is 0 Å². The van der Waals surface area contributed by atoms with Gasteiger partial charge in [-0.1, -0.05) is 42.3 Å². The Morgan fingerprint density at radius 3 is 2.10 bits per heavy atom. The molecule has 2 nitrogen and oxygen atoms in total. The second kappa shape index (κ2) is 6.98. The van der Waals surface area contributed by atoms with Crippen molar-refractivity contribution in [3.05, 3.63) is 58.1 Å². The van der Waals surface area contributed by atoms with Gasteiger partial charge in [0.1, 0.15) is 11.5 Å². The van der Waals surface area contributed by atoms with Gasteiger partial charge in [0.15, 0.2) is 0 Å². The summed E-state index contributed by atoms with van der Waals surface area (Å²) in [4.78, 5) is 0. The second-order valence-corrected chi connectivity index (χ2v) is 5.40. The zero-order valence-electron chi connectivity index (χ0n) is 11.5. The summed E-state index contributed by atoms with van der Waals surface area (Å²) in [5.41, 5.74) is 1.24. The monoisotopic (exact) mass is 309 g/mol. The van der Waals surface area contributed by atoms with E-state index in [1.807, 2.05) is 19.2 Å². The van der Waals surface area contributed by atoms with Crippen molar-refractivity contribution in [2.75, 3.05) is 7.05 Å². The van der Waals surface area contributed by atoms with E-state index in [0.29, 0.717) is 21.8 Å². The van der Waals surface area contributed by atoms with Gasteiger partial charge < -0.3 is 10.1 Å². The van der Waals surface area contributed by atoms with Gasteiger partial charge in [0.25, 0.3) is 0 Å². The average molecular weight is 310 g/mol. The lowest BCUT2D eigenvalue weighted by atomic mass is 10.0. The minimum atomic E-state index is 0.365. The number of ether oxygens (including phenoxy) is 1. The Kier molecular flexibility index (Phi) is 5.30. The molecule has 0 aliphatic rings. The zero-order chi connectivity index (χ0) is 14.5. The van der Waals surface area contributed by atoms with E-state index in [9.17, 15) is 0 Å². The van der Waals surface area contributed by atoms with Crippen molar-refractivity contribution in [1.82, 2.24) is 5.32 Å². The van der Waals surface area contributed by atoms with Crippen molar-refractivity contribution in [2.45, 2.75) is 19.4 Å². The van der Waals surface area contributed by atoms with Crippen LogP contribution in [0, 0.1) is 0 Å². The number of benzene rings is 2. The molecule has 2 aromatic rings. The minimum Gasteiger partial charge on any atom is -0.457 e. The predicted molar refractivity (Wildman–Crippen MR) is 85.1 cm³/mol. The lowest BCUT2D eigenvalue weighted by Crippen LogP contribution is -2.14. The van der Waals surface area contributed by atoms with Gasteiger partial charge in [-0.25, -0.2) is 0 Å². The van der Waals surface area contributed by atoms with Crippen LogP contribution in [-0.4, -0.2) is 7.05 Å². The van der Waals surface area contributed by atoms with Crippen molar-refractivity contribution >= 4 is 23.2 Å². The minimum absolute atomic E-state index is 0.365. The van der Waals surface area contributed by atoms with Crippen LogP contribution < -0.4 is 10.1 Å². The largest absolute Gasteiger partial charge is 0.457 e. The van der Waals surface area contributed by atoms with E-state index in [-0.39, 0.29) is 0 Å². The van der Waals surface area contributed by atoms with Crippen LogP contribution in [-0.2, 0) is 0 Å². The number of halogens is 2. The highest BCUT2D eigenvalue weighted by Gasteiger charge is 2.07. The third-order valence-electron chi connectivity index (χ3n) is 3.11. The molecule has 1 N–H and O–H groups in total. The summed E-state index contributed by atoms with van der Waals surface area (Å²) in [6, 6.07) is 13.5. The fourth-order valence-electron chi connectivity index (χ4n) is 2.10. The maximum Gasteiger partial charge on any atom is 0.130 e. The Hall–Kier alpha value is -1.22. The molecule has 4 heteroatoms. The first kappa shape index (κ1) is 15.2. The fraction of sp³-hybridized carbons (Fsp3) is 0.250. The first-order valence-electron chi connectivity index (χ1n) is 6.53. The van der Waals surface area contributed by atoms with Gasteiger partial charge in [-0.3, -0.25) is 0 Å². The van der Waals surface area contributed by atoms with E-state index in [2.05, 4.69) is 24.4 Å². The molecule has 1 atom stereocenters. The smallest absolute Gasteiger partial charge is 0.130 e. The Labute approximate surface area is 129 Å². The molecule has 2 aromatic carbocycles. The third-order valence-corrected chi connectivity index (χ3v) is 3.55. The Morgan fingerprint density at radius 2 is 1.60 bits per heavy atom. The topological polar surface area (TPSA) is 21.3 Å². The molecule has 0 aliphatic carbocycles. The maximum atomic E-state index is 5.95. The molecular formula is C16H17Cl2NO. The molecule has 0 spiro atoms. The van der Waals surface area contributed by atoms with E-state index < -0.39 is 0 Å². The van der Waals surface area contributed by atoms with Crippen LogP contribution in [0.3, 0.4) is 0 Å². The summed E-state index contributed by atoms with van der Waals surface area (Å²) in [6.45, 7) is 2.15. The molecule has 0 radical (unpaired) electrons. The lowest BCUT2D eigenvalue weighted by molar-refractivity contribution is 0.481. The summed E-state index contributed by atoms with van der Waals surface area (Å²) in [6.07, 6.45) is 1.04. The zero-order valence-corrected chi connectivity index (χ0v) is 13.0. The Morgan fingerprint density at radius 1 is 1.00 bits per heavy atom. The van der Waals surface area contributed by atoms with Crippen LogP contribution in [0.25, 0.3) is 0 Å². The van der Waals surface area contributed by atoms with E-state index in [1.165, 1.54) is 5.56 Å². The quantitative estimate of drug-likeness (QED) is 0.792. The maximum absolute atomic E-state index is 5.95. The van der Waals surface area contributed by atoms with Gasteiger partial charge in [-0.15, -0.1) is 0 Å². The van der Waals surface area contributed by atoms with Crippen LogP contribution in [0.1, 0.15) is 24.9 Å². The number of nitrogens with one attached hydrogen (secondary N) is 1. The standard InChI is InChI=1S/C16H17Cl2NO/c1-3-16(19-2)11-4-6-14(7-5-11)20-15-9-12(17)8-13(18)10-15/h4-10,16,19H,3H2,1-2H3.